The lowest BCUT2D eigenvalue weighted by molar-refractivity contribution is -0.883. The van der Waals surface area contributed by atoms with Crippen LogP contribution in [-0.2, 0) is 9.59 Å². The maximum Gasteiger partial charge on any atom is 0.279 e. The summed E-state index contributed by atoms with van der Waals surface area (Å²) in [6, 6.07) is 7.04. The highest BCUT2D eigenvalue weighted by Crippen LogP contribution is 2.13. The molecule has 0 aromatic heterocycles. The van der Waals surface area contributed by atoms with Crippen molar-refractivity contribution in [2.24, 2.45) is 0 Å². The molecule has 1 atom stereocenters. The molecule has 3 N–H and O–H groups in total. The van der Waals surface area contributed by atoms with Crippen molar-refractivity contribution < 1.29 is 14.5 Å². The lowest BCUT2D eigenvalue weighted by Gasteiger charge is -2.15. The van der Waals surface area contributed by atoms with Gasteiger partial charge in [-0.3, -0.25) is 9.59 Å². The number of anilines is 2. The molecule has 0 heterocycles. The summed E-state index contributed by atoms with van der Waals surface area (Å²) in [4.78, 5) is 23.9. The summed E-state index contributed by atoms with van der Waals surface area (Å²) in [5.41, 5.74) is 1.43. The number of hydrogen-bond donors (Lipinski definition) is 3. The first kappa shape index (κ1) is 15.9. The van der Waals surface area contributed by atoms with E-state index in [-0.39, 0.29) is 11.8 Å². The SMILES string of the molecule is C=CC[NH+](CC)CC(=O)Nc1ccc(NC(C)=O)cc1. The number of nitrogens with one attached hydrogen (secondary N) is 3. The summed E-state index contributed by atoms with van der Waals surface area (Å²) in [5, 5.41) is 5.52. The average Bonchev–Trinajstić information content (AvgIpc) is 2.40. The monoisotopic (exact) mass is 276 g/mol. The Kier molecular flexibility index (Phi) is 6.46. The van der Waals surface area contributed by atoms with Gasteiger partial charge in [-0.15, -0.1) is 0 Å². The molecule has 0 fully saturated rings. The minimum Gasteiger partial charge on any atom is -0.326 e. The van der Waals surface area contributed by atoms with Gasteiger partial charge >= 0.3 is 0 Å². The topological polar surface area (TPSA) is 62.6 Å². The number of likely N-dealkylation sites (N-methyl/N-ethyl adjacent to an activating group) is 1. The first-order valence-electron chi connectivity index (χ1n) is 6.67. The van der Waals surface area contributed by atoms with Crippen LogP contribution in [0.25, 0.3) is 0 Å². The molecule has 0 radical (unpaired) electrons. The molecule has 1 aromatic rings. The van der Waals surface area contributed by atoms with Crippen LogP contribution in [0, 0.1) is 0 Å². The van der Waals surface area contributed by atoms with E-state index in [1.54, 1.807) is 24.3 Å². The largest absolute Gasteiger partial charge is 0.326 e. The summed E-state index contributed by atoms with van der Waals surface area (Å²) in [7, 11) is 0. The Hall–Kier alpha value is -2.14. The smallest absolute Gasteiger partial charge is 0.279 e. The zero-order chi connectivity index (χ0) is 15.0. The second kappa shape index (κ2) is 8.12. The van der Waals surface area contributed by atoms with Crippen molar-refractivity contribution in [3.05, 3.63) is 36.9 Å². The maximum absolute atomic E-state index is 11.9. The molecule has 0 spiro atoms. The molecule has 0 bridgehead atoms. The first-order chi connectivity index (χ1) is 9.55. The standard InChI is InChI=1S/C15H21N3O2/c1-4-10-18(5-2)11-15(20)17-14-8-6-13(7-9-14)16-12(3)19/h4,6-9H,1,5,10-11H2,2-3H3,(H,16,19)(H,17,20)/p+1. The lowest BCUT2D eigenvalue weighted by atomic mass is 10.2. The average molecular weight is 276 g/mol. The predicted octanol–water partition coefficient (Wildman–Crippen LogP) is 0.674. The zero-order valence-corrected chi connectivity index (χ0v) is 12.0. The predicted molar refractivity (Wildman–Crippen MR) is 80.8 cm³/mol. The van der Waals surface area contributed by atoms with E-state index >= 15 is 0 Å². The molecule has 0 aliphatic heterocycles. The van der Waals surface area contributed by atoms with E-state index in [9.17, 15) is 9.59 Å². The number of amides is 2. The summed E-state index contributed by atoms with van der Waals surface area (Å²) >= 11 is 0. The van der Waals surface area contributed by atoms with E-state index in [4.69, 9.17) is 0 Å². The van der Waals surface area contributed by atoms with Crippen LogP contribution in [0.3, 0.4) is 0 Å². The van der Waals surface area contributed by atoms with Gasteiger partial charge < -0.3 is 15.5 Å². The molecular weight excluding hydrogens is 254 g/mol. The van der Waals surface area contributed by atoms with Crippen molar-refractivity contribution in [3.8, 4) is 0 Å². The van der Waals surface area contributed by atoms with Crippen LogP contribution in [0.1, 0.15) is 13.8 Å². The number of rotatable bonds is 7. The molecule has 0 saturated carbocycles. The number of carbonyl (C=O) groups is 2. The Morgan fingerprint density at radius 3 is 2.20 bits per heavy atom. The summed E-state index contributed by atoms with van der Waals surface area (Å²) in [6.07, 6.45) is 1.81. The molecule has 0 saturated heterocycles. The molecule has 1 rings (SSSR count). The van der Waals surface area contributed by atoms with Gasteiger partial charge in [0.05, 0.1) is 13.1 Å². The van der Waals surface area contributed by atoms with Gasteiger partial charge in [-0.25, -0.2) is 0 Å². The van der Waals surface area contributed by atoms with Crippen LogP contribution < -0.4 is 15.5 Å². The van der Waals surface area contributed by atoms with Crippen LogP contribution in [-0.4, -0.2) is 31.4 Å². The fourth-order valence-electron chi connectivity index (χ4n) is 1.82. The molecule has 0 aliphatic carbocycles. The van der Waals surface area contributed by atoms with Crippen molar-refractivity contribution in [1.29, 1.82) is 0 Å². The highest BCUT2D eigenvalue weighted by Gasteiger charge is 2.11. The van der Waals surface area contributed by atoms with Crippen LogP contribution in [0.5, 0.6) is 0 Å². The van der Waals surface area contributed by atoms with E-state index in [0.717, 1.165) is 23.7 Å². The molecule has 5 nitrogen and oxygen atoms in total. The fraction of sp³-hybridized carbons (Fsp3) is 0.333. The second-order valence-electron chi connectivity index (χ2n) is 4.58. The molecule has 108 valence electrons. The summed E-state index contributed by atoms with van der Waals surface area (Å²) in [6.45, 7) is 9.24. The Labute approximate surface area is 119 Å². The van der Waals surface area contributed by atoms with Crippen LogP contribution in [0.2, 0.25) is 0 Å². The third-order valence-electron chi connectivity index (χ3n) is 2.83. The minimum absolute atomic E-state index is 0.0315. The first-order valence-corrected chi connectivity index (χ1v) is 6.67. The Bertz CT molecular complexity index is 469. The van der Waals surface area contributed by atoms with Crippen molar-refractivity contribution in [2.75, 3.05) is 30.3 Å². The highest BCUT2D eigenvalue weighted by atomic mass is 16.2. The van der Waals surface area contributed by atoms with Gasteiger partial charge in [0.1, 0.15) is 0 Å². The van der Waals surface area contributed by atoms with Gasteiger partial charge in [0.25, 0.3) is 5.91 Å². The molecule has 20 heavy (non-hydrogen) atoms. The molecule has 5 heteroatoms. The number of carbonyl (C=O) groups excluding carboxylic acids is 2. The molecular formula is C15H22N3O2+. The van der Waals surface area contributed by atoms with Crippen molar-refractivity contribution in [3.63, 3.8) is 0 Å². The molecule has 2 amide bonds. The van der Waals surface area contributed by atoms with E-state index < -0.39 is 0 Å². The molecule has 1 unspecified atom stereocenters. The summed E-state index contributed by atoms with van der Waals surface area (Å²) in [5.74, 6) is -0.149. The van der Waals surface area contributed by atoms with Crippen molar-refractivity contribution >= 4 is 23.2 Å². The van der Waals surface area contributed by atoms with Gasteiger partial charge in [0, 0.05) is 18.3 Å². The van der Waals surface area contributed by atoms with Crippen molar-refractivity contribution in [1.82, 2.24) is 0 Å². The molecule has 1 aromatic carbocycles. The van der Waals surface area contributed by atoms with Gasteiger partial charge in [0.15, 0.2) is 6.54 Å². The number of benzene rings is 1. The normalized spacial score (nSPS) is 11.5. The Morgan fingerprint density at radius 2 is 1.75 bits per heavy atom. The van der Waals surface area contributed by atoms with Crippen LogP contribution >= 0.6 is 0 Å². The zero-order valence-electron chi connectivity index (χ0n) is 12.0. The van der Waals surface area contributed by atoms with Gasteiger partial charge in [-0.1, -0.05) is 6.58 Å². The van der Waals surface area contributed by atoms with Gasteiger partial charge in [-0.05, 0) is 37.3 Å². The quantitative estimate of drug-likeness (QED) is 0.641. The Balaban J connectivity index is 2.53. The van der Waals surface area contributed by atoms with E-state index in [1.807, 2.05) is 13.0 Å². The van der Waals surface area contributed by atoms with Gasteiger partial charge in [-0.2, -0.15) is 0 Å². The van der Waals surface area contributed by atoms with E-state index in [1.165, 1.54) is 6.92 Å². The van der Waals surface area contributed by atoms with E-state index in [2.05, 4.69) is 17.2 Å². The van der Waals surface area contributed by atoms with Crippen LogP contribution in [0.15, 0.2) is 36.9 Å². The fourth-order valence-corrected chi connectivity index (χ4v) is 1.82. The Morgan fingerprint density at radius 1 is 1.20 bits per heavy atom. The lowest BCUT2D eigenvalue weighted by Crippen LogP contribution is -3.12. The number of hydrogen-bond acceptors (Lipinski definition) is 2. The van der Waals surface area contributed by atoms with Crippen LogP contribution in [0.4, 0.5) is 11.4 Å². The number of quaternary nitrogens is 1. The van der Waals surface area contributed by atoms with E-state index in [0.29, 0.717) is 12.2 Å². The minimum atomic E-state index is -0.117. The third-order valence-corrected chi connectivity index (χ3v) is 2.83. The molecule has 0 aliphatic rings. The third kappa shape index (κ3) is 5.67. The maximum atomic E-state index is 11.9. The summed E-state index contributed by atoms with van der Waals surface area (Å²) < 4.78 is 0. The van der Waals surface area contributed by atoms with Crippen molar-refractivity contribution in [2.45, 2.75) is 13.8 Å². The van der Waals surface area contributed by atoms with Gasteiger partial charge in [0.2, 0.25) is 5.91 Å². The highest BCUT2D eigenvalue weighted by molar-refractivity contribution is 5.92. The second-order valence-corrected chi connectivity index (χ2v) is 4.58.